The number of alkyl halides is 6. The number of imide groups is 1. The molecule has 5 aromatic heterocycles. The fourth-order valence-corrected chi connectivity index (χ4v) is 11.9. The van der Waals surface area contributed by atoms with E-state index in [1.807, 2.05) is 205 Å². The third-order valence-electron chi connectivity index (χ3n) is 18.1. The molecule has 15 rings (SSSR count). The van der Waals surface area contributed by atoms with Gasteiger partial charge in [0, 0.05) is 35.5 Å². The number of nitrogens with zero attached hydrogens (tertiary/aromatic N) is 15. The van der Waals surface area contributed by atoms with Crippen LogP contribution in [0.5, 0.6) is 0 Å². The molecule has 0 radical (unpaired) electrons. The Kier molecular flexibility index (Phi) is 24.8. The lowest BCUT2D eigenvalue weighted by Gasteiger charge is -2.26. The highest BCUT2D eigenvalue weighted by Crippen LogP contribution is 2.34. The number of halogens is 6. The minimum Gasteiger partial charge on any atom is -0.368 e. The van der Waals surface area contributed by atoms with Crippen molar-refractivity contribution in [2.45, 2.75) is 65.5 Å². The molecule has 1 atom stereocenters. The van der Waals surface area contributed by atoms with Crippen molar-refractivity contribution >= 4 is 65.3 Å². The number of nitrogen functional groups attached to an aromatic ring is 2. The number of para-hydroxylation sites is 2. The maximum absolute atomic E-state index is 13.4. The van der Waals surface area contributed by atoms with Gasteiger partial charge in [-0.2, -0.15) is 65.0 Å². The summed E-state index contributed by atoms with van der Waals surface area (Å²) in [4.78, 5) is 75.0. The number of hydrogen-bond donors (Lipinski definition) is 6. The molecule has 0 aliphatic heterocycles. The molecular formula is C86H77F6N21O4. The summed E-state index contributed by atoms with van der Waals surface area (Å²) < 4.78 is 85.6. The van der Waals surface area contributed by atoms with Gasteiger partial charge in [-0.25, -0.2) is 9.88 Å². The van der Waals surface area contributed by atoms with E-state index in [0.29, 0.717) is 56.8 Å². The number of nitrogens with two attached hydrogens (primary N) is 2. The Labute approximate surface area is 667 Å². The molecule has 0 saturated heterocycles. The first-order valence-corrected chi connectivity index (χ1v) is 36.3. The van der Waals surface area contributed by atoms with Gasteiger partial charge in [-0.15, -0.1) is 20.4 Å². The number of benzene rings is 10. The van der Waals surface area contributed by atoms with Crippen LogP contribution >= 0.6 is 0 Å². The molecule has 0 aliphatic rings. The van der Waals surface area contributed by atoms with Gasteiger partial charge in [0.1, 0.15) is 5.69 Å². The van der Waals surface area contributed by atoms with Crippen molar-refractivity contribution in [1.29, 1.82) is 0 Å². The Bertz CT molecular complexity index is 5920. The van der Waals surface area contributed by atoms with E-state index in [2.05, 4.69) is 66.6 Å². The molecule has 592 valence electrons. The van der Waals surface area contributed by atoms with Crippen LogP contribution in [0.4, 0.5) is 68.0 Å². The van der Waals surface area contributed by atoms with Crippen LogP contribution < -0.4 is 37.6 Å². The molecule has 117 heavy (non-hydrogen) atoms. The van der Waals surface area contributed by atoms with Crippen molar-refractivity contribution in [3.05, 3.63) is 347 Å². The van der Waals surface area contributed by atoms with Gasteiger partial charge in [0.2, 0.25) is 41.5 Å². The highest BCUT2D eigenvalue weighted by atomic mass is 19.4. The van der Waals surface area contributed by atoms with Gasteiger partial charge in [0.05, 0.1) is 51.8 Å². The smallest absolute Gasteiger partial charge is 0.368 e. The van der Waals surface area contributed by atoms with E-state index in [-0.39, 0.29) is 41.7 Å². The minimum absolute atomic E-state index is 0.0691. The Balaban J connectivity index is 0.000000147. The zero-order chi connectivity index (χ0) is 83.1. The SMILES string of the molecule is Cc1ccccc1C(=O)N(C(=O)c1ccccc1)c1nc(N)n(-c2ccccc2)n1.Cc1ccccc1C(=O)Nc1nc(NC(C)(C)c2ccccc2)nn1-c1ccc(C(F)(F)F)cc1.Cc1ccccc1C(=O)Nc1nc(N[C@H](C)c2ccccc2)nn1-c1ccc(C(F)(F)F)cc1.Cn1cnc(-c2nc(N)n(-c3ccccc3)n2)c1. The minimum atomic E-state index is -4.46. The van der Waals surface area contributed by atoms with E-state index < -0.39 is 52.6 Å². The summed E-state index contributed by atoms with van der Waals surface area (Å²) in [6, 6.07) is 76.6. The predicted octanol–water partition coefficient (Wildman–Crippen LogP) is 17.1. The summed E-state index contributed by atoms with van der Waals surface area (Å²) in [5, 5.41) is 29.5. The van der Waals surface area contributed by atoms with Crippen molar-refractivity contribution in [3.63, 3.8) is 0 Å². The van der Waals surface area contributed by atoms with E-state index in [9.17, 15) is 45.5 Å². The highest BCUT2D eigenvalue weighted by molar-refractivity contribution is 6.25. The summed E-state index contributed by atoms with van der Waals surface area (Å²) in [7, 11) is 1.90. The van der Waals surface area contributed by atoms with Gasteiger partial charge >= 0.3 is 12.4 Å². The molecule has 0 aliphatic carbocycles. The largest absolute Gasteiger partial charge is 0.416 e. The highest BCUT2D eigenvalue weighted by Gasteiger charge is 2.34. The first kappa shape index (κ1) is 81.3. The number of aromatic nitrogens is 14. The van der Waals surface area contributed by atoms with Crippen molar-refractivity contribution in [2.75, 3.05) is 37.6 Å². The van der Waals surface area contributed by atoms with Crippen molar-refractivity contribution < 1.29 is 45.5 Å². The second-order valence-electron chi connectivity index (χ2n) is 27.0. The topological polar surface area (TPSA) is 312 Å². The second kappa shape index (κ2) is 35.7. The molecule has 0 unspecified atom stereocenters. The number of hydrogen-bond acceptors (Lipinski definition) is 17. The summed E-state index contributed by atoms with van der Waals surface area (Å²) in [6.07, 6.45) is -5.37. The van der Waals surface area contributed by atoms with Crippen LogP contribution in [-0.2, 0) is 24.9 Å². The maximum Gasteiger partial charge on any atom is 0.416 e. The Hall–Kier alpha value is -15.2. The first-order chi connectivity index (χ1) is 56.1. The van der Waals surface area contributed by atoms with Crippen LogP contribution in [-0.4, -0.2) is 92.2 Å². The van der Waals surface area contributed by atoms with Gasteiger partial charge in [-0.05, 0) is 172 Å². The molecule has 0 bridgehead atoms. The molecule has 0 saturated carbocycles. The average Bonchev–Trinajstić information content (AvgIpc) is 1.69. The molecule has 10 aromatic carbocycles. The zero-order valence-electron chi connectivity index (χ0n) is 64.0. The lowest BCUT2D eigenvalue weighted by Crippen LogP contribution is -2.38. The monoisotopic (exact) mass is 1580 g/mol. The molecule has 5 heterocycles. The quantitative estimate of drug-likeness (QED) is 0.0343. The number of anilines is 7. The van der Waals surface area contributed by atoms with Crippen LogP contribution in [0.2, 0.25) is 0 Å². The molecule has 4 amide bonds. The average molecular weight is 1580 g/mol. The predicted molar refractivity (Wildman–Crippen MR) is 435 cm³/mol. The van der Waals surface area contributed by atoms with Gasteiger partial charge in [-0.3, -0.25) is 29.8 Å². The summed E-state index contributed by atoms with van der Waals surface area (Å²) >= 11 is 0. The molecule has 25 nitrogen and oxygen atoms in total. The number of rotatable bonds is 18. The van der Waals surface area contributed by atoms with Gasteiger partial charge in [-0.1, -0.05) is 170 Å². The lowest BCUT2D eigenvalue weighted by molar-refractivity contribution is -0.138. The molecule has 31 heteroatoms. The van der Waals surface area contributed by atoms with Crippen molar-refractivity contribution in [1.82, 2.24) is 68.6 Å². The van der Waals surface area contributed by atoms with E-state index >= 15 is 0 Å². The van der Waals surface area contributed by atoms with E-state index in [1.165, 1.54) is 38.3 Å². The molecule has 0 spiro atoms. The normalized spacial score (nSPS) is 11.5. The van der Waals surface area contributed by atoms with E-state index in [0.717, 1.165) is 62.7 Å². The van der Waals surface area contributed by atoms with Crippen LogP contribution in [0.1, 0.15) is 107 Å². The Morgan fingerprint density at radius 3 is 1.29 bits per heavy atom. The van der Waals surface area contributed by atoms with Crippen LogP contribution in [0.15, 0.2) is 286 Å². The Morgan fingerprint density at radius 1 is 0.427 bits per heavy atom. The van der Waals surface area contributed by atoms with Crippen LogP contribution in [0, 0.1) is 20.8 Å². The third-order valence-corrected chi connectivity index (χ3v) is 18.1. The molecule has 8 N–H and O–H groups in total. The second-order valence-corrected chi connectivity index (χ2v) is 27.0. The zero-order valence-corrected chi connectivity index (χ0v) is 64.0. The number of carbonyl (C=O) groups is 4. The standard InChI is InChI=1S/C26H24F3N5O.C25H22F3N5O.C23H19N5O2.C12H12N6/c1-17-9-7-8-12-21(17)22(35)30-24-31-23(32-25(2,3)18-10-5-4-6-11-18)33-34(24)20-15-13-19(14-16-20)26(27,28)29;1-16-8-6-7-11-21(16)22(34)30-24-31-23(29-17(2)18-9-4-3-5-10-18)32-33(24)20-14-12-19(13-15-20)25(26,27)28;1-16-10-8-9-15-19(16)21(30)27(20(29)17-11-4-2-5-12-17)23-25-22(24)28(26-23)18-13-6-3-7-14-18;1-17-7-10(14-8-17)11-15-12(13)18(16-11)9-5-3-2-4-6-9/h4-16H,1-3H3,(H2,30,31,32,33,35);3-15,17H,1-2H3,(H2,29,30,31,32,34);2-15H,1H3,(H2,24,25,26);2-8H,1H3,(H2,13,15,16)/t;17-;;/m.1../s1. The number of aryl methyl sites for hydroxylation is 4. The van der Waals surface area contributed by atoms with Crippen molar-refractivity contribution in [3.8, 4) is 34.3 Å². The van der Waals surface area contributed by atoms with Gasteiger partial charge in [0.15, 0.2) is 0 Å². The lowest BCUT2D eigenvalue weighted by atomic mass is 9.95. The maximum atomic E-state index is 13.4. The number of nitrogens with one attached hydrogen (secondary N) is 4. The summed E-state index contributed by atoms with van der Waals surface area (Å²) in [5.41, 5.74) is 18.6. The number of imidazole rings is 1. The molecule has 0 fully saturated rings. The number of carbonyl (C=O) groups excluding carboxylic acids is 4. The molecule has 15 aromatic rings. The summed E-state index contributed by atoms with van der Waals surface area (Å²) in [5.74, 6) is -0.424. The number of amides is 4. The van der Waals surface area contributed by atoms with Crippen LogP contribution in [0.25, 0.3) is 34.3 Å². The van der Waals surface area contributed by atoms with Crippen molar-refractivity contribution in [2.24, 2.45) is 7.05 Å². The van der Waals surface area contributed by atoms with Gasteiger partial charge < -0.3 is 26.7 Å². The van der Waals surface area contributed by atoms with E-state index in [4.69, 9.17) is 11.5 Å². The third kappa shape index (κ3) is 20.0. The van der Waals surface area contributed by atoms with E-state index in [1.54, 1.807) is 89.9 Å². The summed E-state index contributed by atoms with van der Waals surface area (Å²) in [6.45, 7) is 11.3. The van der Waals surface area contributed by atoms with Crippen LogP contribution in [0.3, 0.4) is 0 Å². The van der Waals surface area contributed by atoms with Gasteiger partial charge in [0.25, 0.3) is 29.6 Å². The fraction of sp³-hybridized carbons (Fsp3) is 0.128. The fourth-order valence-electron chi connectivity index (χ4n) is 11.9. The first-order valence-electron chi connectivity index (χ1n) is 36.3. The Morgan fingerprint density at radius 2 is 0.829 bits per heavy atom. The molecular weight excluding hydrogens is 1510 g/mol.